The Balaban J connectivity index is 4.57. The van der Waals surface area contributed by atoms with E-state index in [1.54, 1.807) is 0 Å². The van der Waals surface area contributed by atoms with Crippen molar-refractivity contribution < 1.29 is 23.8 Å². The number of aliphatic carboxylic acids is 1. The smallest absolute Gasteiger partial charge is 0.360 e. The van der Waals surface area contributed by atoms with Gasteiger partial charge in [-0.25, -0.2) is 4.79 Å². The van der Waals surface area contributed by atoms with Crippen molar-refractivity contribution in [1.29, 1.82) is 0 Å². The number of alkyl halides is 3. The molecule has 0 aliphatic rings. The van der Waals surface area contributed by atoms with Gasteiger partial charge < -0.3 is 10.2 Å². The molecule has 3 nitrogen and oxygen atoms in total. The van der Waals surface area contributed by atoms with Crippen LogP contribution in [0.1, 0.15) is 6.92 Å². The number of halogens is 3. The molecule has 0 amide bonds. The van der Waals surface area contributed by atoms with Gasteiger partial charge >= 0.3 is 11.4 Å². The maximum absolute atomic E-state index is 11.9. The van der Waals surface area contributed by atoms with Gasteiger partial charge in [-0.3, -0.25) is 0 Å². The zero-order valence-corrected chi connectivity index (χ0v) is 5.69. The Hall–Kier alpha value is -0.420. The highest BCUT2D eigenvalue weighted by molar-refractivity contribution is 6.24. The molecule has 0 heterocycles. The molecule has 0 spiro atoms. The van der Waals surface area contributed by atoms with Crippen LogP contribution in [0.15, 0.2) is 0 Å². The number of hydrogen-bond donors (Lipinski definition) is 2. The van der Waals surface area contributed by atoms with Gasteiger partial charge in [0, 0.05) is 0 Å². The van der Waals surface area contributed by atoms with Gasteiger partial charge in [-0.1, -0.05) is 0 Å². The molecule has 0 aromatic rings. The molecular weight excluding hydrogens is 169 g/mol. The molecule has 0 rings (SSSR count). The van der Waals surface area contributed by atoms with Gasteiger partial charge in [0.15, 0.2) is 0 Å². The number of rotatable bonds is 2. The first kappa shape index (κ1) is 9.58. The summed E-state index contributed by atoms with van der Waals surface area (Å²) < 4.78 is 23.8. The summed E-state index contributed by atoms with van der Waals surface area (Å²) in [5, 5.41) is 12.3. The summed E-state index contributed by atoms with van der Waals surface area (Å²) in [6, 6.07) is 0. The van der Waals surface area contributed by atoms with Crippen LogP contribution in [0.3, 0.4) is 0 Å². The van der Waals surface area contributed by atoms with Crippen LogP contribution in [0.2, 0.25) is 0 Å². The highest BCUT2D eigenvalue weighted by Crippen LogP contribution is 2.32. The predicted octanol–water partition coefficient (Wildman–Crippen LogP) is 0.654. The predicted molar refractivity (Wildman–Crippen MR) is 29.1 cm³/mol. The summed E-state index contributed by atoms with van der Waals surface area (Å²) in [5.74, 6) is -2.06. The summed E-state index contributed by atoms with van der Waals surface area (Å²) in [7, 11) is 0. The lowest BCUT2D eigenvalue weighted by Gasteiger charge is -2.22. The fraction of sp³-hybridized carbons (Fsp3) is 0.750. The number of carboxylic acid groups (broad SMARTS) is 1. The zero-order chi connectivity index (χ0) is 8.58. The Morgan fingerprint density at radius 3 is 1.90 bits per heavy atom. The minimum absolute atomic E-state index is 0.419. The van der Waals surface area contributed by atoms with Gasteiger partial charge in [0.2, 0.25) is 5.60 Å². The average Bonchev–Trinajstić information content (AvgIpc) is 1.62. The standard InChI is InChI=1S/C4H5ClF2O3/c1-3(10,2(8)9)4(5,6)7/h10H,1H3,(H,8,9). The second-order valence-electron chi connectivity index (χ2n) is 1.88. The van der Waals surface area contributed by atoms with E-state index >= 15 is 0 Å². The number of carboxylic acids is 1. The van der Waals surface area contributed by atoms with Crippen molar-refractivity contribution in [2.75, 3.05) is 0 Å². The number of carbonyl (C=O) groups is 1. The van der Waals surface area contributed by atoms with Crippen molar-refractivity contribution in [1.82, 2.24) is 0 Å². The Morgan fingerprint density at radius 1 is 1.60 bits per heavy atom. The van der Waals surface area contributed by atoms with Crippen molar-refractivity contribution in [3.8, 4) is 0 Å². The summed E-state index contributed by atoms with van der Waals surface area (Å²) in [5.41, 5.74) is -3.21. The fourth-order valence-corrected chi connectivity index (χ4v) is 0.202. The SMILES string of the molecule is CC(O)(C(=O)O)C(F)(F)Cl. The maximum Gasteiger partial charge on any atom is 0.360 e. The second-order valence-corrected chi connectivity index (χ2v) is 2.35. The van der Waals surface area contributed by atoms with Crippen molar-refractivity contribution in [2.24, 2.45) is 0 Å². The van der Waals surface area contributed by atoms with Crippen LogP contribution < -0.4 is 0 Å². The normalized spacial score (nSPS) is 18.1. The molecule has 0 aliphatic carbocycles. The molecule has 0 fully saturated rings. The third-order valence-corrected chi connectivity index (χ3v) is 1.34. The molecule has 0 aromatic heterocycles. The Labute approximate surface area is 60.2 Å². The Kier molecular flexibility index (Phi) is 2.22. The van der Waals surface area contributed by atoms with Crippen LogP contribution in [0.25, 0.3) is 0 Å². The summed E-state index contributed by atoms with van der Waals surface area (Å²) in [6.07, 6.45) is 0. The highest BCUT2D eigenvalue weighted by atomic mass is 35.5. The van der Waals surface area contributed by atoms with Gasteiger partial charge in [0.25, 0.3) is 0 Å². The van der Waals surface area contributed by atoms with E-state index in [9.17, 15) is 13.6 Å². The summed E-state index contributed by atoms with van der Waals surface area (Å²) >= 11 is 4.26. The van der Waals surface area contributed by atoms with Crippen LogP contribution in [-0.4, -0.2) is 27.2 Å². The van der Waals surface area contributed by atoms with Crippen LogP contribution >= 0.6 is 11.6 Å². The first-order valence-electron chi connectivity index (χ1n) is 2.22. The molecule has 0 bridgehead atoms. The third-order valence-electron chi connectivity index (χ3n) is 0.968. The Bertz CT molecular complexity index is 151. The van der Waals surface area contributed by atoms with Crippen LogP contribution in [-0.2, 0) is 4.79 Å². The molecule has 0 saturated heterocycles. The van der Waals surface area contributed by atoms with Crippen LogP contribution in [0.5, 0.6) is 0 Å². The van der Waals surface area contributed by atoms with Crippen LogP contribution in [0.4, 0.5) is 8.78 Å². The van der Waals surface area contributed by atoms with E-state index in [0.29, 0.717) is 6.92 Å². The van der Waals surface area contributed by atoms with Gasteiger partial charge in [0.05, 0.1) is 0 Å². The molecule has 6 heteroatoms. The van der Waals surface area contributed by atoms with Gasteiger partial charge in [-0.05, 0) is 18.5 Å². The van der Waals surface area contributed by atoms with E-state index in [1.165, 1.54) is 0 Å². The molecule has 0 aromatic carbocycles. The van der Waals surface area contributed by atoms with Crippen molar-refractivity contribution in [2.45, 2.75) is 17.9 Å². The molecule has 60 valence electrons. The van der Waals surface area contributed by atoms with Gasteiger partial charge in [0.1, 0.15) is 0 Å². The van der Waals surface area contributed by atoms with Crippen molar-refractivity contribution >= 4 is 17.6 Å². The highest BCUT2D eigenvalue weighted by Gasteiger charge is 2.53. The first-order valence-corrected chi connectivity index (χ1v) is 2.60. The average molecular weight is 175 g/mol. The molecule has 0 aliphatic heterocycles. The van der Waals surface area contributed by atoms with Gasteiger partial charge in [-0.15, -0.1) is 0 Å². The molecule has 10 heavy (non-hydrogen) atoms. The number of aliphatic hydroxyl groups is 1. The quantitative estimate of drug-likeness (QED) is 0.605. The molecule has 1 unspecified atom stereocenters. The van der Waals surface area contributed by atoms with Gasteiger partial charge in [-0.2, -0.15) is 8.78 Å². The topological polar surface area (TPSA) is 57.5 Å². The molecule has 0 radical (unpaired) electrons. The maximum atomic E-state index is 11.9. The number of hydrogen-bond acceptors (Lipinski definition) is 2. The molecule has 2 N–H and O–H groups in total. The summed E-state index contributed by atoms with van der Waals surface area (Å²) in [4.78, 5) is 9.85. The molecule has 1 atom stereocenters. The second kappa shape index (κ2) is 2.32. The lowest BCUT2D eigenvalue weighted by molar-refractivity contribution is -0.180. The Morgan fingerprint density at radius 2 is 1.90 bits per heavy atom. The largest absolute Gasteiger partial charge is 0.479 e. The fourth-order valence-electron chi connectivity index (χ4n) is 0.121. The molecular formula is C4H5ClF2O3. The lowest BCUT2D eigenvalue weighted by Crippen LogP contribution is -2.48. The van der Waals surface area contributed by atoms with Crippen molar-refractivity contribution in [3.05, 3.63) is 0 Å². The minimum atomic E-state index is -4.15. The van der Waals surface area contributed by atoms with E-state index < -0.39 is 17.0 Å². The minimum Gasteiger partial charge on any atom is -0.479 e. The van der Waals surface area contributed by atoms with Crippen LogP contribution in [0, 0.1) is 0 Å². The monoisotopic (exact) mass is 174 g/mol. The van der Waals surface area contributed by atoms with E-state index in [2.05, 4.69) is 11.6 Å². The van der Waals surface area contributed by atoms with E-state index in [4.69, 9.17) is 10.2 Å². The summed E-state index contributed by atoms with van der Waals surface area (Å²) in [6.45, 7) is 0.419. The van der Waals surface area contributed by atoms with E-state index in [0.717, 1.165) is 0 Å². The third kappa shape index (κ3) is 1.54. The first-order chi connectivity index (χ1) is 4.19. The van der Waals surface area contributed by atoms with Crippen molar-refractivity contribution in [3.63, 3.8) is 0 Å². The lowest BCUT2D eigenvalue weighted by atomic mass is 10.1. The van der Waals surface area contributed by atoms with E-state index in [-0.39, 0.29) is 0 Å². The molecule has 0 saturated carbocycles. The zero-order valence-electron chi connectivity index (χ0n) is 4.94. The van der Waals surface area contributed by atoms with E-state index in [1.807, 2.05) is 0 Å².